The number of piperazine rings is 1. The van der Waals surface area contributed by atoms with E-state index in [1.165, 1.54) is 4.90 Å². The van der Waals surface area contributed by atoms with Crippen LogP contribution in [0.3, 0.4) is 0 Å². The van der Waals surface area contributed by atoms with Gasteiger partial charge in [0.2, 0.25) is 0 Å². The molecular weight excluding hydrogens is 522 g/mol. The Morgan fingerprint density at radius 2 is 1.58 bits per heavy atom. The predicted molar refractivity (Wildman–Crippen MR) is 126 cm³/mol. The molecule has 1 aromatic carbocycles. The van der Waals surface area contributed by atoms with E-state index < -0.39 is 46.7 Å². The number of ether oxygens (including phenoxy) is 2. The van der Waals surface area contributed by atoms with Gasteiger partial charge in [-0.25, -0.2) is 4.79 Å². The zero-order valence-corrected chi connectivity index (χ0v) is 21.5. The maximum atomic E-state index is 13.3. The SMILES string of the molecule is CC(C)(C)OC(=O)N1CCN(c2ccc(C(O)(C(F)(F)F)C(F)(F)F)cc2)C(CC2(CO)CCOCC2)C1. The summed E-state index contributed by atoms with van der Waals surface area (Å²) in [4.78, 5) is 16.1. The minimum atomic E-state index is -5.98. The van der Waals surface area contributed by atoms with Crippen LogP contribution >= 0.6 is 0 Å². The van der Waals surface area contributed by atoms with Crippen molar-refractivity contribution in [1.29, 1.82) is 0 Å². The van der Waals surface area contributed by atoms with E-state index in [4.69, 9.17) is 9.47 Å². The Kier molecular flexibility index (Phi) is 8.55. The number of hydrogen-bond donors (Lipinski definition) is 2. The number of carbonyl (C=O) groups excluding carboxylic acids is 1. The van der Waals surface area contributed by atoms with Gasteiger partial charge in [0.15, 0.2) is 0 Å². The third kappa shape index (κ3) is 6.31. The first kappa shape index (κ1) is 30.3. The maximum Gasteiger partial charge on any atom is 0.430 e. The largest absolute Gasteiger partial charge is 0.444 e. The van der Waals surface area contributed by atoms with Gasteiger partial charge in [-0.1, -0.05) is 12.1 Å². The summed E-state index contributed by atoms with van der Waals surface area (Å²) >= 11 is 0. The van der Waals surface area contributed by atoms with Gasteiger partial charge in [-0.15, -0.1) is 0 Å². The van der Waals surface area contributed by atoms with Gasteiger partial charge < -0.3 is 29.5 Å². The highest BCUT2D eigenvalue weighted by Gasteiger charge is 2.71. The summed E-state index contributed by atoms with van der Waals surface area (Å²) in [6.07, 6.45) is -11.0. The number of hydrogen-bond acceptors (Lipinski definition) is 6. The van der Waals surface area contributed by atoms with Crippen LogP contribution in [0.5, 0.6) is 0 Å². The highest BCUT2D eigenvalue weighted by atomic mass is 19.4. The Morgan fingerprint density at radius 3 is 2.05 bits per heavy atom. The van der Waals surface area contributed by atoms with Gasteiger partial charge in [0, 0.05) is 56.7 Å². The van der Waals surface area contributed by atoms with Crippen LogP contribution < -0.4 is 4.90 Å². The van der Waals surface area contributed by atoms with Crippen LogP contribution in [0.1, 0.15) is 45.6 Å². The molecule has 2 aliphatic heterocycles. The van der Waals surface area contributed by atoms with Crippen molar-refractivity contribution in [2.45, 2.75) is 69.6 Å². The number of amides is 1. The summed E-state index contributed by atoms with van der Waals surface area (Å²) in [5.74, 6) is 0. The van der Waals surface area contributed by atoms with Crippen molar-refractivity contribution in [3.63, 3.8) is 0 Å². The average molecular weight is 557 g/mol. The van der Waals surface area contributed by atoms with Gasteiger partial charge >= 0.3 is 18.4 Å². The Hall–Kier alpha value is -2.25. The van der Waals surface area contributed by atoms with Crippen LogP contribution in [-0.4, -0.2) is 84.7 Å². The average Bonchev–Trinajstić information content (AvgIpc) is 2.82. The predicted octanol–water partition coefficient (Wildman–Crippen LogP) is 4.60. The summed E-state index contributed by atoms with van der Waals surface area (Å²) in [7, 11) is 0. The number of halogens is 6. The van der Waals surface area contributed by atoms with Crippen LogP contribution in [0.4, 0.5) is 36.8 Å². The minimum absolute atomic E-state index is 0.143. The molecule has 2 aliphatic rings. The lowest BCUT2D eigenvalue weighted by atomic mass is 9.75. The normalized spacial score (nSPS) is 21.4. The second-order valence-corrected chi connectivity index (χ2v) is 11.0. The standard InChI is InChI=1S/C25H34F6N2O5/c1-21(2,3)38-20(35)32-10-11-33(19(15-32)14-22(16-34)8-12-37-13-9-22)18-6-4-17(5-7-18)23(36,24(26,27)28)25(29,30)31/h4-7,19,34,36H,8-16H2,1-3H3. The topological polar surface area (TPSA) is 82.5 Å². The van der Waals surface area contributed by atoms with E-state index >= 15 is 0 Å². The van der Waals surface area contributed by atoms with Crippen LogP contribution in [-0.2, 0) is 15.1 Å². The summed E-state index contributed by atoms with van der Waals surface area (Å²) in [6, 6.07) is 3.01. The first-order valence-electron chi connectivity index (χ1n) is 12.3. The number of anilines is 1. The number of nitrogens with zero attached hydrogens (tertiary/aromatic N) is 2. The van der Waals surface area contributed by atoms with Crippen LogP contribution in [0, 0.1) is 5.41 Å². The van der Waals surface area contributed by atoms with E-state index in [1.54, 1.807) is 25.7 Å². The number of benzene rings is 1. The van der Waals surface area contributed by atoms with Crippen molar-refractivity contribution in [1.82, 2.24) is 4.90 Å². The third-order valence-corrected chi connectivity index (χ3v) is 7.13. The van der Waals surface area contributed by atoms with Crippen LogP contribution in [0.25, 0.3) is 0 Å². The van der Waals surface area contributed by atoms with Gasteiger partial charge in [-0.2, -0.15) is 26.3 Å². The molecule has 2 N–H and O–H groups in total. The van der Waals surface area contributed by atoms with E-state index in [2.05, 4.69) is 0 Å². The Balaban J connectivity index is 1.92. The summed E-state index contributed by atoms with van der Waals surface area (Å²) < 4.78 is 90.8. The zero-order chi connectivity index (χ0) is 28.6. The first-order chi connectivity index (χ1) is 17.4. The molecule has 38 heavy (non-hydrogen) atoms. The molecule has 0 radical (unpaired) electrons. The second-order valence-electron chi connectivity index (χ2n) is 11.0. The molecule has 0 aromatic heterocycles. The maximum absolute atomic E-state index is 13.3. The lowest BCUT2D eigenvalue weighted by Gasteiger charge is -2.47. The summed E-state index contributed by atoms with van der Waals surface area (Å²) in [6.45, 7) is 6.52. The fourth-order valence-electron chi connectivity index (χ4n) is 4.98. The molecule has 1 atom stereocenters. The molecule has 0 spiro atoms. The quantitative estimate of drug-likeness (QED) is 0.516. The van der Waals surface area contributed by atoms with Crippen molar-refractivity contribution >= 4 is 11.8 Å². The number of aliphatic hydroxyl groups excluding tert-OH is 1. The van der Waals surface area contributed by atoms with Crippen molar-refractivity contribution in [2.75, 3.05) is 44.4 Å². The zero-order valence-electron chi connectivity index (χ0n) is 21.5. The molecule has 2 heterocycles. The highest BCUT2D eigenvalue weighted by molar-refractivity contribution is 5.69. The molecule has 0 aliphatic carbocycles. The molecule has 0 saturated carbocycles. The molecular formula is C25H34F6N2O5. The fraction of sp³-hybridized carbons (Fsp3) is 0.720. The molecule has 1 amide bonds. The van der Waals surface area contributed by atoms with Crippen molar-refractivity contribution in [3.8, 4) is 0 Å². The Bertz CT molecular complexity index is 941. The molecule has 2 fully saturated rings. The van der Waals surface area contributed by atoms with E-state index in [9.17, 15) is 41.4 Å². The monoisotopic (exact) mass is 556 g/mol. The molecule has 216 valence electrons. The number of aliphatic hydroxyl groups is 2. The van der Waals surface area contributed by atoms with E-state index in [0.717, 1.165) is 12.1 Å². The molecule has 1 unspecified atom stereocenters. The Labute approximate surface area is 217 Å². The van der Waals surface area contributed by atoms with E-state index in [0.29, 0.717) is 50.3 Å². The van der Waals surface area contributed by atoms with Crippen molar-refractivity contribution in [3.05, 3.63) is 29.8 Å². The van der Waals surface area contributed by atoms with Gasteiger partial charge in [-0.05, 0) is 57.6 Å². The summed E-state index contributed by atoms with van der Waals surface area (Å²) in [5, 5.41) is 19.9. The minimum Gasteiger partial charge on any atom is -0.444 e. The molecule has 2 saturated heterocycles. The van der Waals surface area contributed by atoms with E-state index in [1.807, 2.05) is 0 Å². The fourth-order valence-corrected chi connectivity index (χ4v) is 4.98. The van der Waals surface area contributed by atoms with Gasteiger partial charge in [0.05, 0.1) is 0 Å². The van der Waals surface area contributed by atoms with Crippen LogP contribution in [0.15, 0.2) is 24.3 Å². The van der Waals surface area contributed by atoms with Gasteiger partial charge in [-0.3, -0.25) is 0 Å². The third-order valence-electron chi connectivity index (χ3n) is 7.13. The van der Waals surface area contributed by atoms with Gasteiger partial charge in [0.1, 0.15) is 5.60 Å². The number of rotatable bonds is 5. The molecule has 7 nitrogen and oxygen atoms in total. The lowest BCUT2D eigenvalue weighted by Crippen LogP contribution is -2.57. The van der Waals surface area contributed by atoms with E-state index in [-0.39, 0.29) is 26.2 Å². The number of alkyl halides is 6. The summed E-state index contributed by atoms with van der Waals surface area (Å²) in [5.41, 5.74) is -7.29. The molecule has 13 heteroatoms. The molecule has 3 rings (SSSR count). The molecule has 1 aromatic rings. The van der Waals surface area contributed by atoms with Crippen molar-refractivity contribution in [2.24, 2.45) is 5.41 Å². The first-order valence-corrected chi connectivity index (χ1v) is 12.3. The van der Waals surface area contributed by atoms with Gasteiger partial charge in [0.25, 0.3) is 5.60 Å². The molecule has 0 bridgehead atoms. The Morgan fingerprint density at radius 1 is 1.03 bits per heavy atom. The van der Waals surface area contributed by atoms with Crippen molar-refractivity contribution < 1.29 is 50.8 Å². The van der Waals surface area contributed by atoms with Crippen LogP contribution in [0.2, 0.25) is 0 Å². The lowest BCUT2D eigenvalue weighted by molar-refractivity contribution is -0.376. The number of carbonyl (C=O) groups is 1. The smallest absolute Gasteiger partial charge is 0.430 e. The highest BCUT2D eigenvalue weighted by Crippen LogP contribution is 2.50. The second kappa shape index (κ2) is 10.7.